The molecule has 2 aliphatic heterocycles. The van der Waals surface area contributed by atoms with Crippen molar-refractivity contribution >= 4 is 46.2 Å². The molecule has 34 heavy (non-hydrogen) atoms. The summed E-state index contributed by atoms with van der Waals surface area (Å²) >= 11 is 6.16. The molecule has 170 valence electrons. The molecule has 6 nitrogen and oxygen atoms in total. The number of hydrogen-bond donors (Lipinski definition) is 0. The van der Waals surface area contributed by atoms with Gasteiger partial charge in [0.1, 0.15) is 0 Å². The molecule has 0 aliphatic carbocycles. The van der Waals surface area contributed by atoms with Crippen LogP contribution in [0.25, 0.3) is 0 Å². The molecule has 7 heteroatoms. The van der Waals surface area contributed by atoms with Crippen molar-refractivity contribution < 1.29 is 9.59 Å². The van der Waals surface area contributed by atoms with Crippen LogP contribution < -0.4 is 10.0 Å². The Balaban J connectivity index is 1.57. The number of carbonyl (C=O) groups is 2. The van der Waals surface area contributed by atoms with E-state index in [4.69, 9.17) is 11.6 Å². The molecular formula is C27H23ClN4O2. The Morgan fingerprint density at radius 1 is 0.676 bits per heavy atom. The Kier molecular flexibility index (Phi) is 5.75. The lowest BCUT2D eigenvalue weighted by molar-refractivity contribution is -0.122. The Bertz CT molecular complexity index is 1210. The Hall–Kier alpha value is -3.77. The minimum absolute atomic E-state index is 0.164. The van der Waals surface area contributed by atoms with E-state index in [0.717, 1.165) is 5.56 Å². The molecule has 0 spiro atoms. The van der Waals surface area contributed by atoms with Gasteiger partial charge in [-0.05, 0) is 55.8 Å². The van der Waals surface area contributed by atoms with E-state index in [1.165, 1.54) is 10.0 Å². The third-order valence-electron chi connectivity index (χ3n) is 6.34. The number of amides is 2. The minimum Gasteiger partial charge on any atom is -0.272 e. The molecule has 0 unspecified atom stereocenters. The average molecular weight is 471 g/mol. The summed E-state index contributed by atoms with van der Waals surface area (Å²) in [5, 5.41) is 12.6. The van der Waals surface area contributed by atoms with E-state index in [0.29, 0.717) is 27.8 Å². The highest BCUT2D eigenvalue weighted by molar-refractivity contribution is 6.30. The van der Waals surface area contributed by atoms with E-state index in [-0.39, 0.29) is 11.8 Å². The lowest BCUT2D eigenvalue weighted by Gasteiger charge is -2.28. The fraction of sp³-hybridized carbons (Fsp3) is 0.185. The number of para-hydroxylation sites is 2. The fourth-order valence-corrected chi connectivity index (χ4v) is 4.88. The van der Waals surface area contributed by atoms with Crippen LogP contribution >= 0.6 is 11.6 Å². The Morgan fingerprint density at radius 2 is 1.09 bits per heavy atom. The normalized spacial score (nSPS) is 20.2. The Morgan fingerprint density at radius 3 is 1.50 bits per heavy atom. The van der Waals surface area contributed by atoms with Gasteiger partial charge in [-0.15, -0.1) is 0 Å². The first-order valence-electron chi connectivity index (χ1n) is 11.1. The highest BCUT2D eigenvalue weighted by atomic mass is 35.5. The molecule has 0 bridgehead atoms. The highest BCUT2D eigenvalue weighted by Crippen LogP contribution is 2.42. The molecule has 0 saturated heterocycles. The minimum atomic E-state index is -0.615. The molecule has 0 saturated carbocycles. The van der Waals surface area contributed by atoms with Crippen molar-refractivity contribution in [1.82, 2.24) is 0 Å². The quantitative estimate of drug-likeness (QED) is 0.494. The summed E-state index contributed by atoms with van der Waals surface area (Å²) in [6.07, 6.45) is 0. The maximum atomic E-state index is 13.7. The topological polar surface area (TPSA) is 65.3 Å². The van der Waals surface area contributed by atoms with Gasteiger partial charge in [0, 0.05) is 22.4 Å². The van der Waals surface area contributed by atoms with E-state index in [1.807, 2.05) is 86.6 Å². The number of anilines is 2. The predicted octanol–water partition coefficient (Wildman–Crippen LogP) is 5.50. The number of rotatable bonds is 5. The van der Waals surface area contributed by atoms with Gasteiger partial charge in [0.2, 0.25) is 0 Å². The first kappa shape index (κ1) is 22.0. The average Bonchev–Trinajstić information content (AvgIpc) is 3.32. The first-order valence-corrected chi connectivity index (χ1v) is 11.5. The fourth-order valence-electron chi connectivity index (χ4n) is 4.76. The summed E-state index contributed by atoms with van der Waals surface area (Å²) in [6, 6.07) is 26.0. The van der Waals surface area contributed by atoms with E-state index < -0.39 is 17.8 Å². The molecule has 0 radical (unpaired) electrons. The second kappa shape index (κ2) is 8.88. The van der Waals surface area contributed by atoms with Crippen LogP contribution in [0.2, 0.25) is 5.02 Å². The predicted molar refractivity (Wildman–Crippen MR) is 135 cm³/mol. The molecule has 5 rings (SSSR count). The number of nitrogens with zero attached hydrogens (tertiary/aromatic N) is 4. The van der Waals surface area contributed by atoms with Crippen LogP contribution in [0, 0.1) is 11.8 Å². The van der Waals surface area contributed by atoms with Gasteiger partial charge < -0.3 is 0 Å². The van der Waals surface area contributed by atoms with Crippen LogP contribution in [0.5, 0.6) is 0 Å². The van der Waals surface area contributed by atoms with Gasteiger partial charge in [0.25, 0.3) is 11.8 Å². The smallest absolute Gasteiger partial charge is 0.256 e. The molecule has 0 N–H and O–H groups in total. The molecule has 2 amide bonds. The third kappa shape index (κ3) is 3.80. The van der Waals surface area contributed by atoms with Crippen molar-refractivity contribution in [3.8, 4) is 0 Å². The molecule has 3 aromatic carbocycles. The highest BCUT2D eigenvalue weighted by Gasteiger charge is 2.50. The summed E-state index contributed by atoms with van der Waals surface area (Å²) in [6.45, 7) is 3.69. The number of hydrazone groups is 2. The second-order valence-electron chi connectivity index (χ2n) is 8.49. The summed E-state index contributed by atoms with van der Waals surface area (Å²) in [4.78, 5) is 27.5. The standard InChI is InChI=1S/C27H23ClN4O2/c1-17-23(26(33)31(29-17)21-9-5-3-6-10-21)25(19-13-15-20(28)16-14-19)24-18(2)30-32(27(24)34)22-11-7-4-8-12-22/h3-16,23-25H,1-2H3/t23-,24-/m1/s1. The van der Waals surface area contributed by atoms with Crippen LogP contribution in [0.1, 0.15) is 25.3 Å². The summed E-state index contributed by atoms with van der Waals surface area (Å²) in [5.74, 6) is -2.04. The van der Waals surface area contributed by atoms with Gasteiger partial charge in [0.15, 0.2) is 0 Å². The van der Waals surface area contributed by atoms with Crippen LogP contribution in [0.15, 0.2) is 95.1 Å². The molecule has 0 fully saturated rings. The van der Waals surface area contributed by atoms with E-state index >= 15 is 0 Å². The van der Waals surface area contributed by atoms with Crippen molar-refractivity contribution in [3.05, 3.63) is 95.5 Å². The zero-order chi connectivity index (χ0) is 23.8. The van der Waals surface area contributed by atoms with Crippen molar-refractivity contribution in [2.45, 2.75) is 19.8 Å². The van der Waals surface area contributed by atoms with Gasteiger partial charge in [-0.3, -0.25) is 9.59 Å². The lowest BCUT2D eigenvalue weighted by atomic mass is 9.73. The van der Waals surface area contributed by atoms with Crippen LogP contribution in [0.4, 0.5) is 11.4 Å². The van der Waals surface area contributed by atoms with Crippen molar-refractivity contribution in [2.75, 3.05) is 10.0 Å². The molecular weight excluding hydrogens is 448 g/mol. The van der Waals surface area contributed by atoms with Crippen molar-refractivity contribution in [2.24, 2.45) is 22.0 Å². The van der Waals surface area contributed by atoms with Gasteiger partial charge in [-0.25, -0.2) is 10.0 Å². The van der Waals surface area contributed by atoms with Gasteiger partial charge >= 0.3 is 0 Å². The number of benzene rings is 3. The number of carbonyl (C=O) groups excluding carboxylic acids is 2. The van der Waals surface area contributed by atoms with Crippen LogP contribution in [0.3, 0.4) is 0 Å². The van der Waals surface area contributed by atoms with E-state index in [9.17, 15) is 9.59 Å². The molecule has 3 aromatic rings. The van der Waals surface area contributed by atoms with Crippen LogP contribution in [-0.4, -0.2) is 23.2 Å². The number of hydrogen-bond acceptors (Lipinski definition) is 4. The third-order valence-corrected chi connectivity index (χ3v) is 6.59. The SMILES string of the molecule is CC1=NN(c2ccccc2)C(=O)[C@H]1C(c1ccc(Cl)cc1)[C@@H]1C(=O)N(c2ccccc2)N=C1C. The zero-order valence-electron chi connectivity index (χ0n) is 18.8. The van der Waals surface area contributed by atoms with Gasteiger partial charge in [-0.1, -0.05) is 60.1 Å². The maximum absolute atomic E-state index is 13.7. The largest absolute Gasteiger partial charge is 0.272 e. The van der Waals surface area contributed by atoms with Crippen molar-refractivity contribution in [1.29, 1.82) is 0 Å². The summed E-state index contributed by atoms with van der Waals surface area (Å²) < 4.78 is 0. The lowest BCUT2D eigenvalue weighted by Crippen LogP contribution is -2.40. The second-order valence-corrected chi connectivity index (χ2v) is 8.92. The summed E-state index contributed by atoms with van der Waals surface area (Å²) in [7, 11) is 0. The van der Waals surface area contributed by atoms with E-state index in [2.05, 4.69) is 10.2 Å². The van der Waals surface area contributed by atoms with Gasteiger partial charge in [0.05, 0.1) is 23.2 Å². The molecule has 0 aromatic heterocycles. The van der Waals surface area contributed by atoms with Crippen LogP contribution in [-0.2, 0) is 9.59 Å². The van der Waals surface area contributed by atoms with Crippen molar-refractivity contribution in [3.63, 3.8) is 0 Å². The van der Waals surface area contributed by atoms with Gasteiger partial charge in [-0.2, -0.15) is 10.2 Å². The maximum Gasteiger partial charge on any atom is 0.256 e. The zero-order valence-corrected chi connectivity index (χ0v) is 19.6. The molecule has 2 atom stereocenters. The molecule has 2 aliphatic rings. The summed E-state index contributed by atoms with van der Waals surface area (Å²) in [5.41, 5.74) is 3.55. The Labute approximate surface area is 203 Å². The molecule has 2 heterocycles. The monoisotopic (exact) mass is 470 g/mol. The first-order chi connectivity index (χ1) is 16.5. The number of halogens is 1. The van der Waals surface area contributed by atoms with E-state index in [1.54, 1.807) is 12.1 Å².